The molecule has 0 bridgehead atoms. The van der Waals surface area contributed by atoms with Crippen molar-refractivity contribution in [3.63, 3.8) is 0 Å². The lowest BCUT2D eigenvalue weighted by atomic mass is 10.1. The summed E-state index contributed by atoms with van der Waals surface area (Å²) < 4.78 is 22.8. The van der Waals surface area contributed by atoms with Crippen LogP contribution < -0.4 is 10.1 Å². The van der Waals surface area contributed by atoms with E-state index in [-0.39, 0.29) is 23.2 Å². The molecule has 1 aromatic carbocycles. The number of unbranched alkanes of at least 4 members (excludes halogenated alkanes) is 2. The highest BCUT2D eigenvalue weighted by molar-refractivity contribution is 5.94. The van der Waals surface area contributed by atoms with Crippen molar-refractivity contribution in [3.05, 3.63) is 29.6 Å². The minimum absolute atomic E-state index is 0.106. The van der Waals surface area contributed by atoms with Crippen LogP contribution in [-0.4, -0.2) is 32.6 Å². The van der Waals surface area contributed by atoms with Gasteiger partial charge in [-0.2, -0.15) is 0 Å². The van der Waals surface area contributed by atoms with E-state index in [2.05, 4.69) is 10.1 Å². The van der Waals surface area contributed by atoms with Gasteiger partial charge in [0.25, 0.3) is 5.91 Å². The summed E-state index contributed by atoms with van der Waals surface area (Å²) in [5.74, 6) is -1.02. The molecule has 1 rings (SSSR count). The van der Waals surface area contributed by atoms with Gasteiger partial charge in [-0.15, -0.1) is 0 Å². The molecule has 0 atom stereocenters. The monoisotopic (exact) mass is 297 g/mol. The van der Waals surface area contributed by atoms with E-state index in [1.807, 2.05) is 0 Å². The number of nitrogens with one attached hydrogen (secondary N) is 1. The van der Waals surface area contributed by atoms with Crippen LogP contribution >= 0.6 is 0 Å². The lowest BCUT2D eigenvalue weighted by Crippen LogP contribution is -2.24. The molecular formula is C15H20FNO4. The summed E-state index contributed by atoms with van der Waals surface area (Å²) in [6.45, 7) is 0.480. The molecule has 0 fully saturated rings. The van der Waals surface area contributed by atoms with E-state index in [1.165, 1.54) is 26.4 Å². The van der Waals surface area contributed by atoms with E-state index in [0.717, 1.165) is 25.3 Å². The number of carbonyl (C=O) groups is 2. The van der Waals surface area contributed by atoms with Crippen LogP contribution in [0.3, 0.4) is 0 Å². The Labute approximate surface area is 123 Å². The van der Waals surface area contributed by atoms with Gasteiger partial charge in [0.15, 0.2) is 11.6 Å². The van der Waals surface area contributed by atoms with Gasteiger partial charge in [-0.05, 0) is 31.0 Å². The van der Waals surface area contributed by atoms with Gasteiger partial charge < -0.3 is 14.8 Å². The Hall–Kier alpha value is -2.11. The zero-order valence-corrected chi connectivity index (χ0v) is 12.3. The van der Waals surface area contributed by atoms with Crippen LogP contribution in [0.4, 0.5) is 4.39 Å². The van der Waals surface area contributed by atoms with Crippen molar-refractivity contribution < 1.29 is 23.5 Å². The van der Waals surface area contributed by atoms with E-state index >= 15 is 0 Å². The van der Waals surface area contributed by atoms with E-state index in [0.29, 0.717) is 13.0 Å². The summed E-state index contributed by atoms with van der Waals surface area (Å²) >= 11 is 0. The quantitative estimate of drug-likeness (QED) is 0.590. The van der Waals surface area contributed by atoms with Crippen molar-refractivity contribution in [2.24, 2.45) is 0 Å². The average molecular weight is 297 g/mol. The summed E-state index contributed by atoms with van der Waals surface area (Å²) in [5.41, 5.74) is 0.253. The van der Waals surface area contributed by atoms with Crippen molar-refractivity contribution in [1.82, 2.24) is 5.32 Å². The standard InChI is InChI=1S/C15H20FNO4/c1-20-13-8-7-11(10-12(13)16)15(19)17-9-5-3-4-6-14(18)21-2/h7-8,10H,3-6,9H2,1-2H3,(H,17,19). The van der Waals surface area contributed by atoms with Crippen LogP contribution in [0.5, 0.6) is 5.75 Å². The molecule has 1 aromatic rings. The van der Waals surface area contributed by atoms with Gasteiger partial charge in [-0.1, -0.05) is 6.42 Å². The maximum atomic E-state index is 13.5. The highest BCUT2D eigenvalue weighted by Gasteiger charge is 2.09. The molecular weight excluding hydrogens is 277 g/mol. The Morgan fingerprint density at radius 2 is 1.95 bits per heavy atom. The third-order valence-corrected chi connectivity index (χ3v) is 2.98. The maximum Gasteiger partial charge on any atom is 0.305 e. The Morgan fingerprint density at radius 1 is 1.19 bits per heavy atom. The van der Waals surface area contributed by atoms with Crippen LogP contribution in [0.15, 0.2) is 18.2 Å². The van der Waals surface area contributed by atoms with Crippen LogP contribution in [0, 0.1) is 5.82 Å². The van der Waals surface area contributed by atoms with Crippen LogP contribution in [0.25, 0.3) is 0 Å². The molecule has 0 aromatic heterocycles. The first-order valence-electron chi connectivity index (χ1n) is 6.77. The second kappa shape index (κ2) is 8.94. The number of benzene rings is 1. The smallest absolute Gasteiger partial charge is 0.305 e. The Kier molecular flexibility index (Phi) is 7.21. The molecule has 0 spiro atoms. The zero-order chi connectivity index (χ0) is 15.7. The first-order valence-corrected chi connectivity index (χ1v) is 6.77. The number of halogens is 1. The van der Waals surface area contributed by atoms with Crippen molar-refractivity contribution in [1.29, 1.82) is 0 Å². The number of esters is 1. The molecule has 1 amide bonds. The fraction of sp³-hybridized carbons (Fsp3) is 0.467. The minimum atomic E-state index is -0.566. The molecule has 0 aliphatic carbocycles. The second-order valence-electron chi connectivity index (χ2n) is 4.49. The molecule has 0 aliphatic heterocycles. The van der Waals surface area contributed by atoms with E-state index in [4.69, 9.17) is 4.74 Å². The SMILES string of the molecule is COC(=O)CCCCCNC(=O)c1ccc(OC)c(F)c1. The van der Waals surface area contributed by atoms with E-state index in [9.17, 15) is 14.0 Å². The van der Waals surface area contributed by atoms with Crippen LogP contribution in [0.2, 0.25) is 0 Å². The third-order valence-electron chi connectivity index (χ3n) is 2.98. The number of hydrogen-bond donors (Lipinski definition) is 1. The summed E-state index contributed by atoms with van der Waals surface area (Å²) in [4.78, 5) is 22.7. The fourth-order valence-electron chi connectivity index (χ4n) is 1.78. The van der Waals surface area contributed by atoms with Crippen molar-refractivity contribution >= 4 is 11.9 Å². The van der Waals surface area contributed by atoms with Gasteiger partial charge in [-0.25, -0.2) is 4.39 Å². The van der Waals surface area contributed by atoms with Gasteiger partial charge in [0.1, 0.15) is 0 Å². The highest BCUT2D eigenvalue weighted by atomic mass is 19.1. The van der Waals surface area contributed by atoms with E-state index < -0.39 is 5.82 Å². The summed E-state index contributed by atoms with van der Waals surface area (Å²) in [6, 6.07) is 4.07. The van der Waals surface area contributed by atoms with Crippen molar-refractivity contribution in [2.45, 2.75) is 25.7 Å². The number of methoxy groups -OCH3 is 2. The van der Waals surface area contributed by atoms with Gasteiger partial charge in [0.2, 0.25) is 0 Å². The molecule has 1 N–H and O–H groups in total. The fourth-order valence-corrected chi connectivity index (χ4v) is 1.78. The molecule has 21 heavy (non-hydrogen) atoms. The largest absolute Gasteiger partial charge is 0.494 e. The second-order valence-corrected chi connectivity index (χ2v) is 4.49. The molecule has 6 heteroatoms. The van der Waals surface area contributed by atoms with Gasteiger partial charge in [0.05, 0.1) is 14.2 Å². The number of amides is 1. The average Bonchev–Trinajstić information content (AvgIpc) is 2.49. The first-order chi connectivity index (χ1) is 10.1. The highest BCUT2D eigenvalue weighted by Crippen LogP contribution is 2.17. The lowest BCUT2D eigenvalue weighted by molar-refractivity contribution is -0.140. The number of carbonyl (C=O) groups excluding carboxylic acids is 2. The predicted octanol–water partition coefficient (Wildman–Crippen LogP) is 2.30. The van der Waals surface area contributed by atoms with Crippen molar-refractivity contribution in [3.8, 4) is 5.75 Å². The van der Waals surface area contributed by atoms with Gasteiger partial charge >= 0.3 is 5.97 Å². The molecule has 0 heterocycles. The first kappa shape index (κ1) is 16.9. The molecule has 116 valence electrons. The van der Waals surface area contributed by atoms with Gasteiger partial charge in [-0.3, -0.25) is 9.59 Å². The Bertz CT molecular complexity index is 491. The van der Waals surface area contributed by atoms with Crippen LogP contribution in [0.1, 0.15) is 36.0 Å². The molecule has 0 saturated carbocycles. The topological polar surface area (TPSA) is 64.6 Å². The number of hydrogen-bond acceptors (Lipinski definition) is 4. The molecule has 0 saturated heterocycles. The normalized spacial score (nSPS) is 10.0. The molecule has 0 unspecified atom stereocenters. The lowest BCUT2D eigenvalue weighted by Gasteiger charge is -2.07. The minimum Gasteiger partial charge on any atom is -0.494 e. The number of ether oxygens (including phenoxy) is 2. The summed E-state index contributed by atoms with van der Waals surface area (Å²) in [6.07, 6.45) is 2.67. The number of rotatable bonds is 8. The van der Waals surface area contributed by atoms with E-state index in [1.54, 1.807) is 0 Å². The zero-order valence-electron chi connectivity index (χ0n) is 12.3. The molecule has 0 radical (unpaired) electrons. The third kappa shape index (κ3) is 5.81. The maximum absolute atomic E-state index is 13.5. The van der Waals surface area contributed by atoms with Crippen LogP contribution in [-0.2, 0) is 9.53 Å². The molecule has 0 aliphatic rings. The predicted molar refractivity (Wildman–Crippen MR) is 75.8 cm³/mol. The molecule has 5 nitrogen and oxygen atoms in total. The van der Waals surface area contributed by atoms with Gasteiger partial charge in [0, 0.05) is 18.5 Å². The summed E-state index contributed by atoms with van der Waals surface area (Å²) in [5, 5.41) is 2.70. The Morgan fingerprint density at radius 3 is 2.57 bits per heavy atom. The van der Waals surface area contributed by atoms with Crippen molar-refractivity contribution in [2.75, 3.05) is 20.8 Å². The summed E-state index contributed by atoms with van der Waals surface area (Å²) in [7, 11) is 2.73. The Balaban J connectivity index is 2.28.